The topological polar surface area (TPSA) is 40.5 Å². The molecule has 114 valence electrons. The molecule has 0 saturated heterocycles. The van der Waals surface area contributed by atoms with Crippen LogP contribution < -0.4 is 0 Å². The van der Waals surface area contributed by atoms with Gasteiger partial charge in [0.1, 0.15) is 0 Å². The lowest BCUT2D eigenvalue weighted by molar-refractivity contribution is 0.471. The first kappa shape index (κ1) is 16.6. The van der Waals surface area contributed by atoms with E-state index in [0.29, 0.717) is 0 Å². The first-order valence-electron chi connectivity index (χ1n) is 6.92. The van der Waals surface area contributed by atoms with Gasteiger partial charge in [-0.25, -0.2) is 0 Å². The molecule has 2 nitrogen and oxygen atoms in total. The highest BCUT2D eigenvalue weighted by atomic mass is 33.1. The van der Waals surface area contributed by atoms with Gasteiger partial charge in [-0.3, -0.25) is 0 Å². The van der Waals surface area contributed by atoms with Crippen molar-refractivity contribution in [1.82, 2.24) is 0 Å². The zero-order chi connectivity index (χ0) is 15.6. The van der Waals surface area contributed by atoms with Crippen molar-refractivity contribution in [2.45, 2.75) is 22.6 Å². The molecule has 0 heterocycles. The summed E-state index contributed by atoms with van der Waals surface area (Å²) in [6.45, 7) is 0. The fraction of sp³-hybridized carbons (Fsp3) is 0.111. The molecule has 0 spiro atoms. The van der Waals surface area contributed by atoms with Crippen molar-refractivity contribution in [1.29, 1.82) is 0 Å². The molecule has 2 aromatic carbocycles. The van der Waals surface area contributed by atoms with Crippen LogP contribution in [0.4, 0.5) is 0 Å². The molecule has 0 radical (unpaired) electrons. The highest BCUT2D eigenvalue weighted by Crippen LogP contribution is 2.37. The summed E-state index contributed by atoms with van der Waals surface area (Å²) in [6, 6.07) is 16.7. The minimum Gasteiger partial charge on any atom is -0.516 e. The lowest BCUT2D eigenvalue weighted by Crippen LogP contribution is -1.81. The number of rotatable bonds is 7. The zero-order valence-corrected chi connectivity index (χ0v) is 13.7. The van der Waals surface area contributed by atoms with Gasteiger partial charge in [-0.05, 0) is 60.4 Å². The number of hydrogen-bond acceptors (Lipinski definition) is 4. The van der Waals surface area contributed by atoms with Crippen LogP contribution in [-0.4, -0.2) is 10.2 Å². The Balaban J connectivity index is 1.86. The molecular formula is C18H18O2S2. The van der Waals surface area contributed by atoms with E-state index in [1.807, 2.05) is 0 Å². The average Bonchev–Trinajstić information content (AvgIpc) is 2.58. The third-order valence-electron chi connectivity index (χ3n) is 3.00. The van der Waals surface area contributed by atoms with Crippen LogP contribution in [0.25, 0.3) is 0 Å². The van der Waals surface area contributed by atoms with Crippen LogP contribution in [0.15, 0.2) is 83.0 Å². The van der Waals surface area contributed by atoms with Crippen LogP contribution in [0.5, 0.6) is 0 Å². The fourth-order valence-corrected chi connectivity index (χ4v) is 3.77. The summed E-state index contributed by atoms with van der Waals surface area (Å²) in [4.78, 5) is 2.41. The first-order chi connectivity index (χ1) is 10.8. The Morgan fingerprint density at radius 2 is 1.00 bits per heavy atom. The Hall–Kier alpha value is -1.78. The van der Waals surface area contributed by atoms with Crippen LogP contribution >= 0.6 is 21.6 Å². The molecule has 4 heteroatoms. The molecule has 0 aliphatic carbocycles. The largest absolute Gasteiger partial charge is 0.516 e. The van der Waals surface area contributed by atoms with E-state index in [0.717, 1.165) is 25.4 Å². The van der Waals surface area contributed by atoms with E-state index in [1.165, 1.54) is 20.9 Å². The molecule has 0 saturated carbocycles. The second kappa shape index (κ2) is 9.28. The van der Waals surface area contributed by atoms with Crippen molar-refractivity contribution in [3.63, 3.8) is 0 Å². The maximum absolute atomic E-state index is 8.66. The summed E-state index contributed by atoms with van der Waals surface area (Å²) in [5.74, 6) is 0. The predicted molar refractivity (Wildman–Crippen MR) is 95.5 cm³/mol. The van der Waals surface area contributed by atoms with E-state index in [2.05, 4.69) is 48.5 Å². The number of allylic oxidation sites excluding steroid dienone is 2. The monoisotopic (exact) mass is 330 g/mol. The predicted octanol–water partition coefficient (Wildman–Crippen LogP) is 5.71. The van der Waals surface area contributed by atoms with Gasteiger partial charge in [0.05, 0.1) is 12.5 Å². The van der Waals surface area contributed by atoms with Gasteiger partial charge in [-0.2, -0.15) is 0 Å². The number of aliphatic hydroxyl groups is 2. The second-order valence-electron chi connectivity index (χ2n) is 4.63. The van der Waals surface area contributed by atoms with Crippen molar-refractivity contribution in [2.75, 3.05) is 0 Å². The van der Waals surface area contributed by atoms with Gasteiger partial charge in [0.25, 0.3) is 0 Å². The lowest BCUT2D eigenvalue weighted by atomic mass is 10.1. The third kappa shape index (κ3) is 5.54. The van der Waals surface area contributed by atoms with Gasteiger partial charge in [-0.1, -0.05) is 45.9 Å². The van der Waals surface area contributed by atoms with E-state index >= 15 is 0 Å². The third-order valence-corrected chi connectivity index (χ3v) is 5.42. The molecule has 2 rings (SSSR count). The van der Waals surface area contributed by atoms with Crippen LogP contribution in [-0.2, 0) is 12.8 Å². The van der Waals surface area contributed by atoms with Crippen LogP contribution in [0.1, 0.15) is 11.1 Å². The molecule has 0 aromatic heterocycles. The van der Waals surface area contributed by atoms with Gasteiger partial charge >= 0.3 is 0 Å². The van der Waals surface area contributed by atoms with Crippen molar-refractivity contribution < 1.29 is 10.2 Å². The fourth-order valence-electron chi connectivity index (χ4n) is 1.84. The molecule has 0 amide bonds. The summed E-state index contributed by atoms with van der Waals surface area (Å²) in [6.07, 6.45) is 7.11. The van der Waals surface area contributed by atoms with Gasteiger partial charge in [0.15, 0.2) is 0 Å². The molecule has 0 bridgehead atoms. The second-order valence-corrected chi connectivity index (χ2v) is 6.91. The highest BCUT2D eigenvalue weighted by molar-refractivity contribution is 8.76. The molecule has 0 aliphatic heterocycles. The first-order valence-corrected chi connectivity index (χ1v) is 9.07. The Morgan fingerprint density at radius 3 is 1.32 bits per heavy atom. The molecule has 0 unspecified atom stereocenters. The quantitative estimate of drug-likeness (QED) is 0.503. The number of hydrogen-bond donors (Lipinski definition) is 2. The van der Waals surface area contributed by atoms with E-state index in [-0.39, 0.29) is 0 Å². The minimum atomic E-state index is 0.748. The van der Waals surface area contributed by atoms with Crippen molar-refractivity contribution in [3.05, 3.63) is 84.3 Å². The van der Waals surface area contributed by atoms with Crippen molar-refractivity contribution in [3.8, 4) is 0 Å². The highest BCUT2D eigenvalue weighted by Gasteiger charge is 1.99. The Kier molecular flexibility index (Phi) is 7.00. The van der Waals surface area contributed by atoms with E-state index in [9.17, 15) is 0 Å². The summed E-state index contributed by atoms with van der Waals surface area (Å²) in [7, 11) is 3.45. The standard InChI is InChI=1S/C18H18O2S2/c19-13-1-3-15-5-9-17(10-6-15)21-22-18-11-7-16(8-12-18)4-2-14-20/h1-2,5-14,19-20H,3-4H2. The van der Waals surface area contributed by atoms with E-state index < -0.39 is 0 Å². The van der Waals surface area contributed by atoms with Crippen LogP contribution in [0.3, 0.4) is 0 Å². The Bertz CT molecular complexity index is 559. The average molecular weight is 330 g/mol. The maximum Gasteiger partial charge on any atom is 0.0755 e. The Labute approximate surface area is 139 Å². The van der Waals surface area contributed by atoms with Gasteiger partial charge in [0.2, 0.25) is 0 Å². The molecule has 0 atom stereocenters. The van der Waals surface area contributed by atoms with Gasteiger partial charge in [0, 0.05) is 9.79 Å². The Morgan fingerprint density at radius 1 is 0.636 bits per heavy atom. The van der Waals surface area contributed by atoms with E-state index in [1.54, 1.807) is 33.7 Å². The van der Waals surface area contributed by atoms with Crippen molar-refractivity contribution in [2.24, 2.45) is 0 Å². The molecule has 2 aromatic rings. The van der Waals surface area contributed by atoms with Gasteiger partial charge < -0.3 is 10.2 Å². The molecule has 22 heavy (non-hydrogen) atoms. The van der Waals surface area contributed by atoms with Crippen molar-refractivity contribution >= 4 is 21.6 Å². The molecule has 0 fully saturated rings. The molecular weight excluding hydrogens is 312 g/mol. The summed E-state index contributed by atoms with van der Waals surface area (Å²) >= 11 is 0. The number of aliphatic hydroxyl groups excluding tert-OH is 2. The molecule has 0 aliphatic rings. The number of benzene rings is 2. The summed E-state index contributed by atoms with van der Waals surface area (Å²) in [5, 5.41) is 17.3. The zero-order valence-electron chi connectivity index (χ0n) is 12.1. The maximum atomic E-state index is 8.66. The summed E-state index contributed by atoms with van der Waals surface area (Å²) < 4.78 is 0. The minimum absolute atomic E-state index is 0.748. The van der Waals surface area contributed by atoms with Gasteiger partial charge in [-0.15, -0.1) is 0 Å². The van der Waals surface area contributed by atoms with E-state index in [4.69, 9.17) is 10.2 Å². The van der Waals surface area contributed by atoms with Crippen LogP contribution in [0.2, 0.25) is 0 Å². The normalized spacial score (nSPS) is 11.5. The van der Waals surface area contributed by atoms with Crippen LogP contribution in [0, 0.1) is 0 Å². The summed E-state index contributed by atoms with van der Waals surface area (Å²) in [5.41, 5.74) is 2.36. The molecule has 2 N–H and O–H groups in total. The smallest absolute Gasteiger partial charge is 0.0755 e. The SMILES string of the molecule is OC=CCc1ccc(SSc2ccc(CC=CO)cc2)cc1. The lowest BCUT2D eigenvalue weighted by Gasteiger charge is -2.04.